The van der Waals surface area contributed by atoms with Crippen LogP contribution in [-0.2, 0) is 0 Å². The monoisotopic (exact) mass is 226 g/mol. The molecule has 0 radical (unpaired) electrons. The molecule has 0 fully saturated rings. The number of hydrogen-bond donors (Lipinski definition) is 1. The molecule has 1 unspecified atom stereocenters. The first-order chi connectivity index (χ1) is 8.28. The molecule has 2 rings (SSSR count). The third kappa shape index (κ3) is 2.22. The van der Waals surface area contributed by atoms with Gasteiger partial charge in [0.1, 0.15) is 11.8 Å². The second-order valence-corrected chi connectivity index (χ2v) is 3.82. The van der Waals surface area contributed by atoms with Crippen LogP contribution in [0.5, 0.6) is 5.75 Å². The maximum atomic E-state index is 9.00. The fraction of sp³-hybridized carbons (Fsp3) is 0.214. The van der Waals surface area contributed by atoms with E-state index in [0.29, 0.717) is 0 Å². The summed E-state index contributed by atoms with van der Waals surface area (Å²) in [6, 6.07) is 13.9. The van der Waals surface area contributed by atoms with Crippen LogP contribution in [0.2, 0.25) is 0 Å². The van der Waals surface area contributed by atoms with E-state index in [-0.39, 0.29) is 6.04 Å². The zero-order valence-corrected chi connectivity index (χ0v) is 9.90. The normalized spacial score (nSPS) is 12.1. The number of benzene rings is 2. The van der Waals surface area contributed by atoms with E-state index in [0.717, 1.165) is 22.1 Å². The third-order valence-corrected chi connectivity index (χ3v) is 2.82. The quantitative estimate of drug-likeness (QED) is 0.875. The smallest absolute Gasteiger partial charge is 0.121 e. The molecule has 17 heavy (non-hydrogen) atoms. The van der Waals surface area contributed by atoms with Gasteiger partial charge in [0.05, 0.1) is 13.2 Å². The molecule has 3 heteroatoms. The standard InChI is InChI=1S/C14H14N2O/c1-16-14(9-15)12-4-3-11-8-13(17-2)6-5-10(11)7-12/h3-8,14,16H,1-2H3. The molecule has 0 saturated carbocycles. The van der Waals surface area contributed by atoms with E-state index in [1.807, 2.05) is 36.4 Å². The van der Waals surface area contributed by atoms with Gasteiger partial charge in [-0.1, -0.05) is 18.2 Å². The molecule has 2 aromatic rings. The molecule has 1 N–H and O–H groups in total. The maximum Gasteiger partial charge on any atom is 0.121 e. The Labute approximate surface area is 101 Å². The summed E-state index contributed by atoms with van der Waals surface area (Å²) in [5.41, 5.74) is 0.979. The van der Waals surface area contributed by atoms with Crippen molar-refractivity contribution in [1.82, 2.24) is 5.32 Å². The van der Waals surface area contributed by atoms with Gasteiger partial charge in [-0.2, -0.15) is 5.26 Å². The zero-order chi connectivity index (χ0) is 12.3. The molecular formula is C14H14N2O. The first-order valence-electron chi connectivity index (χ1n) is 5.43. The maximum absolute atomic E-state index is 9.00. The molecular weight excluding hydrogens is 212 g/mol. The topological polar surface area (TPSA) is 45.0 Å². The minimum absolute atomic E-state index is 0.262. The van der Waals surface area contributed by atoms with Crippen LogP contribution < -0.4 is 10.1 Å². The largest absolute Gasteiger partial charge is 0.497 e. The van der Waals surface area contributed by atoms with E-state index in [2.05, 4.69) is 11.4 Å². The molecule has 1 atom stereocenters. The van der Waals surface area contributed by atoms with E-state index in [9.17, 15) is 0 Å². The molecule has 0 heterocycles. The van der Waals surface area contributed by atoms with E-state index in [4.69, 9.17) is 10.00 Å². The Morgan fingerprint density at radius 1 is 1.18 bits per heavy atom. The van der Waals surface area contributed by atoms with Crippen molar-refractivity contribution in [3.63, 3.8) is 0 Å². The summed E-state index contributed by atoms with van der Waals surface area (Å²) in [7, 11) is 3.44. The van der Waals surface area contributed by atoms with Gasteiger partial charge in [0.15, 0.2) is 0 Å². The highest BCUT2D eigenvalue weighted by molar-refractivity contribution is 5.84. The molecule has 2 aromatic carbocycles. The Bertz CT molecular complexity index is 572. The number of hydrogen-bond acceptors (Lipinski definition) is 3. The number of nitrogens with one attached hydrogen (secondary N) is 1. The lowest BCUT2D eigenvalue weighted by Gasteiger charge is -2.09. The van der Waals surface area contributed by atoms with E-state index < -0.39 is 0 Å². The molecule has 86 valence electrons. The summed E-state index contributed by atoms with van der Waals surface area (Å²) in [4.78, 5) is 0. The van der Waals surface area contributed by atoms with Crippen molar-refractivity contribution < 1.29 is 4.74 Å². The molecule has 0 bridgehead atoms. The molecule has 0 aliphatic rings. The Balaban J connectivity index is 2.48. The molecule has 0 saturated heterocycles. The highest BCUT2D eigenvalue weighted by Crippen LogP contribution is 2.24. The Morgan fingerprint density at radius 2 is 1.88 bits per heavy atom. The third-order valence-electron chi connectivity index (χ3n) is 2.82. The second kappa shape index (κ2) is 4.86. The van der Waals surface area contributed by atoms with Crippen LogP contribution in [0.4, 0.5) is 0 Å². The number of fused-ring (bicyclic) bond motifs is 1. The summed E-state index contributed by atoms with van der Waals surface area (Å²) in [5, 5.41) is 14.2. The van der Waals surface area contributed by atoms with Crippen LogP contribution in [0.25, 0.3) is 10.8 Å². The number of methoxy groups -OCH3 is 1. The molecule has 0 spiro atoms. The van der Waals surface area contributed by atoms with Gasteiger partial charge in [-0.15, -0.1) is 0 Å². The average Bonchev–Trinajstić information content (AvgIpc) is 2.39. The van der Waals surface area contributed by atoms with Crippen LogP contribution in [0.15, 0.2) is 36.4 Å². The lowest BCUT2D eigenvalue weighted by molar-refractivity contribution is 0.415. The minimum Gasteiger partial charge on any atom is -0.497 e. The van der Waals surface area contributed by atoms with Gasteiger partial charge in [0.25, 0.3) is 0 Å². The van der Waals surface area contributed by atoms with Crippen LogP contribution >= 0.6 is 0 Å². The van der Waals surface area contributed by atoms with Gasteiger partial charge in [-0.25, -0.2) is 0 Å². The van der Waals surface area contributed by atoms with Crippen molar-refractivity contribution in [1.29, 1.82) is 5.26 Å². The number of ether oxygens (including phenoxy) is 1. The van der Waals surface area contributed by atoms with Crippen LogP contribution in [0, 0.1) is 11.3 Å². The van der Waals surface area contributed by atoms with Crippen molar-refractivity contribution in [3.8, 4) is 11.8 Å². The summed E-state index contributed by atoms with van der Waals surface area (Å²) in [6.07, 6.45) is 0. The van der Waals surface area contributed by atoms with Crippen molar-refractivity contribution in [2.45, 2.75) is 6.04 Å². The molecule has 0 aliphatic carbocycles. The first kappa shape index (κ1) is 11.4. The Kier molecular flexibility index (Phi) is 3.27. The Hall–Kier alpha value is -2.05. The van der Waals surface area contributed by atoms with Crippen LogP contribution in [-0.4, -0.2) is 14.2 Å². The summed E-state index contributed by atoms with van der Waals surface area (Å²) in [6.45, 7) is 0. The minimum atomic E-state index is -0.262. The van der Waals surface area contributed by atoms with Gasteiger partial charge >= 0.3 is 0 Å². The SMILES string of the molecule is CNC(C#N)c1ccc2cc(OC)ccc2c1. The molecule has 3 nitrogen and oxygen atoms in total. The number of nitriles is 1. The summed E-state index contributed by atoms with van der Waals surface area (Å²) in [5.74, 6) is 0.843. The van der Waals surface area contributed by atoms with Crippen molar-refractivity contribution in [2.75, 3.05) is 14.2 Å². The van der Waals surface area contributed by atoms with Crippen LogP contribution in [0.3, 0.4) is 0 Å². The van der Waals surface area contributed by atoms with Crippen molar-refractivity contribution in [3.05, 3.63) is 42.0 Å². The second-order valence-electron chi connectivity index (χ2n) is 3.82. The molecule has 0 aromatic heterocycles. The molecule has 0 amide bonds. The van der Waals surface area contributed by atoms with Crippen molar-refractivity contribution in [2.24, 2.45) is 0 Å². The first-order valence-corrected chi connectivity index (χ1v) is 5.43. The lowest BCUT2D eigenvalue weighted by atomic mass is 10.0. The van der Waals surface area contributed by atoms with Gasteiger partial charge in [-0.05, 0) is 41.6 Å². The Morgan fingerprint density at radius 3 is 2.53 bits per heavy atom. The fourth-order valence-electron chi connectivity index (χ4n) is 1.85. The van der Waals surface area contributed by atoms with Crippen LogP contribution in [0.1, 0.15) is 11.6 Å². The fourth-order valence-corrected chi connectivity index (χ4v) is 1.85. The lowest BCUT2D eigenvalue weighted by Crippen LogP contribution is -2.13. The summed E-state index contributed by atoms with van der Waals surface area (Å²) >= 11 is 0. The average molecular weight is 226 g/mol. The van der Waals surface area contributed by atoms with Gasteiger partial charge < -0.3 is 10.1 Å². The molecule has 0 aliphatic heterocycles. The predicted octanol–water partition coefficient (Wildman–Crippen LogP) is 2.63. The van der Waals surface area contributed by atoms with E-state index in [1.54, 1.807) is 14.2 Å². The highest BCUT2D eigenvalue weighted by Gasteiger charge is 2.07. The van der Waals surface area contributed by atoms with Crippen molar-refractivity contribution >= 4 is 10.8 Å². The van der Waals surface area contributed by atoms with Gasteiger partial charge in [0, 0.05) is 0 Å². The van der Waals surface area contributed by atoms with Gasteiger partial charge in [-0.3, -0.25) is 0 Å². The highest BCUT2D eigenvalue weighted by atomic mass is 16.5. The number of rotatable bonds is 3. The van der Waals surface area contributed by atoms with Gasteiger partial charge in [0.2, 0.25) is 0 Å². The number of nitrogens with zero attached hydrogens (tertiary/aromatic N) is 1. The summed E-state index contributed by atoms with van der Waals surface area (Å²) < 4.78 is 5.18. The predicted molar refractivity (Wildman–Crippen MR) is 67.9 cm³/mol. The van der Waals surface area contributed by atoms with E-state index >= 15 is 0 Å². The van der Waals surface area contributed by atoms with E-state index in [1.165, 1.54) is 0 Å². The zero-order valence-electron chi connectivity index (χ0n) is 9.90.